The lowest BCUT2D eigenvalue weighted by atomic mass is 9.98. The minimum Gasteiger partial charge on any atom is -0.504 e. The number of benzene rings is 3. The molecule has 1 aliphatic rings. The van der Waals surface area contributed by atoms with E-state index in [4.69, 9.17) is 18.9 Å². The van der Waals surface area contributed by atoms with Gasteiger partial charge in [0.1, 0.15) is 12.2 Å². The zero-order chi connectivity index (χ0) is 33.3. The predicted molar refractivity (Wildman–Crippen MR) is 140 cm³/mol. The first kappa shape index (κ1) is 32.2. The molecule has 0 radical (unpaired) electrons. The molecular formula is C27H24O18. The van der Waals surface area contributed by atoms with Crippen molar-refractivity contribution in [2.75, 3.05) is 6.61 Å². The Morgan fingerprint density at radius 3 is 1.40 bits per heavy atom. The van der Waals surface area contributed by atoms with Crippen LogP contribution in [0.4, 0.5) is 0 Å². The number of phenols is 8. The second-order valence-electron chi connectivity index (χ2n) is 9.44. The fourth-order valence-corrected chi connectivity index (χ4v) is 4.12. The summed E-state index contributed by atoms with van der Waals surface area (Å²) in [6.07, 6.45) is -9.66. The van der Waals surface area contributed by atoms with Crippen LogP contribution in [0.25, 0.3) is 0 Å². The number of esters is 3. The molecule has 4 rings (SSSR count). The first-order chi connectivity index (χ1) is 21.1. The van der Waals surface area contributed by atoms with E-state index < -0.39 is 124 Å². The van der Waals surface area contributed by atoms with Gasteiger partial charge in [0.2, 0.25) is 5.75 Å². The number of ether oxygens (including phenoxy) is 4. The molecule has 1 fully saturated rings. The lowest BCUT2D eigenvalue weighted by Gasteiger charge is -2.41. The number of carbonyl (C=O) groups is 3. The van der Waals surface area contributed by atoms with Crippen molar-refractivity contribution < 1.29 is 89.5 Å². The molecule has 240 valence electrons. The third-order valence-corrected chi connectivity index (χ3v) is 6.39. The number of aromatic hydroxyl groups is 8. The molecule has 0 aromatic heterocycles. The first-order valence-electron chi connectivity index (χ1n) is 12.4. The molecule has 1 heterocycles. The lowest BCUT2D eigenvalue weighted by Crippen LogP contribution is -2.61. The van der Waals surface area contributed by atoms with E-state index in [1.54, 1.807) is 0 Å². The molecule has 0 bridgehead atoms. The summed E-state index contributed by atoms with van der Waals surface area (Å²) < 4.78 is 20.1. The monoisotopic (exact) mass is 636 g/mol. The van der Waals surface area contributed by atoms with Crippen molar-refractivity contribution in [2.24, 2.45) is 0 Å². The highest BCUT2D eigenvalue weighted by Gasteiger charge is 2.49. The Morgan fingerprint density at radius 2 is 0.978 bits per heavy atom. The van der Waals surface area contributed by atoms with Gasteiger partial charge in [-0.1, -0.05) is 0 Å². The lowest BCUT2D eigenvalue weighted by molar-refractivity contribution is -0.285. The average molecular weight is 636 g/mol. The zero-order valence-electron chi connectivity index (χ0n) is 22.3. The van der Waals surface area contributed by atoms with E-state index in [1.807, 2.05) is 0 Å². The van der Waals surface area contributed by atoms with Crippen molar-refractivity contribution in [3.8, 4) is 51.7 Å². The van der Waals surface area contributed by atoms with E-state index >= 15 is 0 Å². The summed E-state index contributed by atoms with van der Waals surface area (Å²) in [5.41, 5.74) is -1.72. The Labute approximate surface area is 249 Å². The van der Waals surface area contributed by atoms with Gasteiger partial charge in [0.25, 0.3) is 0 Å². The first-order valence-corrected chi connectivity index (χ1v) is 12.4. The summed E-state index contributed by atoms with van der Waals surface area (Å²) in [4.78, 5) is 38.1. The smallest absolute Gasteiger partial charge is 0.344 e. The van der Waals surface area contributed by atoms with Crippen LogP contribution in [0, 0.1) is 0 Å². The highest BCUT2D eigenvalue weighted by molar-refractivity contribution is 5.95. The van der Waals surface area contributed by atoms with Crippen molar-refractivity contribution in [3.63, 3.8) is 0 Å². The van der Waals surface area contributed by atoms with Gasteiger partial charge in [-0.25, -0.2) is 14.4 Å². The summed E-state index contributed by atoms with van der Waals surface area (Å²) >= 11 is 0. The third-order valence-electron chi connectivity index (χ3n) is 6.39. The van der Waals surface area contributed by atoms with Crippen LogP contribution in [-0.2, 0) is 14.2 Å². The van der Waals surface area contributed by atoms with Crippen molar-refractivity contribution in [1.29, 1.82) is 0 Å². The normalized spacial score (nSPS) is 21.1. The van der Waals surface area contributed by atoms with E-state index in [0.29, 0.717) is 36.4 Å². The highest BCUT2D eigenvalue weighted by atomic mass is 16.7. The highest BCUT2D eigenvalue weighted by Crippen LogP contribution is 2.40. The van der Waals surface area contributed by atoms with Crippen LogP contribution in [0.3, 0.4) is 0 Å². The number of aliphatic hydroxyl groups excluding tert-OH is 3. The van der Waals surface area contributed by atoms with Gasteiger partial charge < -0.3 is 75.1 Å². The molecule has 0 amide bonds. The molecular weight excluding hydrogens is 612 g/mol. The molecule has 18 nitrogen and oxygen atoms in total. The molecule has 18 heteroatoms. The maximum atomic E-state index is 13.0. The summed E-state index contributed by atoms with van der Waals surface area (Å²) in [6, 6.07) is 4.08. The average Bonchev–Trinajstić information content (AvgIpc) is 2.98. The van der Waals surface area contributed by atoms with Crippen LogP contribution in [0.1, 0.15) is 31.1 Å². The summed E-state index contributed by atoms with van der Waals surface area (Å²) in [5, 5.41) is 109. The van der Waals surface area contributed by atoms with E-state index in [0.717, 1.165) is 0 Å². The van der Waals surface area contributed by atoms with Crippen LogP contribution in [0.15, 0.2) is 36.4 Å². The van der Waals surface area contributed by atoms with Crippen molar-refractivity contribution in [3.05, 3.63) is 53.1 Å². The molecule has 1 aliphatic heterocycles. The number of carbonyl (C=O) groups excluding carboxylic acids is 3. The fraction of sp³-hybridized carbons (Fsp3) is 0.222. The van der Waals surface area contributed by atoms with Crippen LogP contribution >= 0.6 is 0 Å². The van der Waals surface area contributed by atoms with Gasteiger partial charge in [-0.2, -0.15) is 0 Å². The van der Waals surface area contributed by atoms with Gasteiger partial charge in [0, 0.05) is 0 Å². The number of aliphatic hydroxyl groups is 3. The van der Waals surface area contributed by atoms with Gasteiger partial charge in [-0.05, 0) is 36.4 Å². The topological polar surface area (TPSA) is 311 Å². The molecule has 3 aromatic carbocycles. The minimum absolute atomic E-state index is 0.520. The predicted octanol–water partition coefficient (Wildman–Crippen LogP) is -0.628. The van der Waals surface area contributed by atoms with Gasteiger partial charge in [-0.15, -0.1) is 0 Å². The fourth-order valence-electron chi connectivity index (χ4n) is 4.12. The maximum Gasteiger partial charge on any atom is 0.344 e. The SMILES string of the molecule is O=C(Oc1c(O)cc(C(=O)O[C@H]2[C@H](O)[C@@H](CO)OC(O)[C@@H]2OC(=O)c2cc(O)c(O)c(O)c2)cc1O)c1cc(O)c(O)c(O)c1. The molecule has 1 unspecified atom stereocenters. The quantitative estimate of drug-likeness (QED) is 0.0873. The van der Waals surface area contributed by atoms with E-state index in [2.05, 4.69) is 0 Å². The zero-order valence-corrected chi connectivity index (χ0v) is 22.3. The van der Waals surface area contributed by atoms with E-state index in [9.17, 15) is 70.6 Å². The van der Waals surface area contributed by atoms with Gasteiger partial charge in [0.05, 0.1) is 23.3 Å². The number of hydrogen-bond acceptors (Lipinski definition) is 18. The standard InChI is InChI=1S/C27H24O18/c28-7-17-20(37)22(23(27(41)42-17)45-26(40)9-3-13(31)19(36)14(32)4-9)44-25(39)10-5-15(33)21(16(34)6-10)43-24(38)8-1-11(29)18(35)12(30)2-8/h1-6,17,20,22-23,27-37,41H,7H2/t17-,20-,22+,23-,27?/m1/s1. The van der Waals surface area contributed by atoms with Gasteiger partial charge in [0.15, 0.2) is 64.5 Å². The molecule has 11 N–H and O–H groups in total. The second-order valence-corrected chi connectivity index (χ2v) is 9.44. The number of rotatable bonds is 7. The molecule has 0 saturated carbocycles. The van der Waals surface area contributed by atoms with Gasteiger partial charge >= 0.3 is 17.9 Å². The molecule has 3 aromatic rings. The molecule has 5 atom stereocenters. The van der Waals surface area contributed by atoms with Crippen molar-refractivity contribution >= 4 is 17.9 Å². The Bertz CT molecular complexity index is 1580. The van der Waals surface area contributed by atoms with Crippen molar-refractivity contribution in [2.45, 2.75) is 30.7 Å². The number of phenolic OH excluding ortho intramolecular Hbond substituents is 8. The van der Waals surface area contributed by atoms with E-state index in [-0.39, 0.29) is 0 Å². The molecule has 45 heavy (non-hydrogen) atoms. The summed E-state index contributed by atoms with van der Waals surface area (Å²) in [7, 11) is 0. The maximum absolute atomic E-state index is 13.0. The molecule has 0 aliphatic carbocycles. The Morgan fingerprint density at radius 1 is 0.600 bits per heavy atom. The molecule has 1 saturated heterocycles. The number of hydrogen-bond donors (Lipinski definition) is 11. The van der Waals surface area contributed by atoms with Crippen LogP contribution < -0.4 is 4.74 Å². The minimum atomic E-state index is -2.13. The van der Waals surface area contributed by atoms with Crippen LogP contribution in [0.5, 0.6) is 51.7 Å². The Hall–Kier alpha value is -5.69. The van der Waals surface area contributed by atoms with E-state index in [1.165, 1.54) is 0 Å². The van der Waals surface area contributed by atoms with Gasteiger partial charge in [-0.3, -0.25) is 0 Å². The third kappa shape index (κ3) is 6.48. The Kier molecular flexibility index (Phi) is 8.95. The van der Waals surface area contributed by atoms with Crippen molar-refractivity contribution in [1.82, 2.24) is 0 Å². The van der Waals surface area contributed by atoms with Crippen LogP contribution in [0.2, 0.25) is 0 Å². The largest absolute Gasteiger partial charge is 0.504 e. The molecule has 0 spiro atoms. The van der Waals surface area contributed by atoms with Crippen LogP contribution in [-0.4, -0.2) is 111 Å². The summed E-state index contributed by atoms with van der Waals surface area (Å²) in [6.45, 7) is -0.912. The Balaban J connectivity index is 1.57. The second kappa shape index (κ2) is 12.5. The summed E-state index contributed by atoms with van der Waals surface area (Å²) in [5.74, 6) is -12.6.